The molecule has 2 N–H and O–H groups in total. The molecule has 0 aromatic heterocycles. The number of piperidine rings is 1. The summed E-state index contributed by atoms with van der Waals surface area (Å²) in [5.74, 6) is 0.818. The average Bonchev–Trinajstić information content (AvgIpc) is 2.61. The van der Waals surface area contributed by atoms with Crippen LogP contribution in [0.15, 0.2) is 4.99 Å². The minimum Gasteiger partial charge on any atom is -0.357 e. The second-order valence-electron chi connectivity index (χ2n) is 8.60. The molecular formula is C18H33F3N4O2S. The van der Waals surface area contributed by atoms with Crippen LogP contribution in [-0.4, -0.2) is 56.4 Å². The molecule has 0 amide bonds. The maximum Gasteiger partial charge on any atom is 0.511 e. The minimum absolute atomic E-state index is 0.0837. The van der Waals surface area contributed by atoms with E-state index >= 15 is 0 Å². The highest BCUT2D eigenvalue weighted by Crippen LogP contribution is 2.35. The van der Waals surface area contributed by atoms with Gasteiger partial charge in [-0.25, -0.2) is 8.42 Å². The molecule has 1 aliphatic heterocycles. The van der Waals surface area contributed by atoms with Crippen LogP contribution in [0.1, 0.15) is 59.3 Å². The van der Waals surface area contributed by atoms with E-state index in [9.17, 15) is 21.6 Å². The Bertz CT molecular complexity index is 632. The maximum absolute atomic E-state index is 12.7. The number of sulfonamides is 1. The Kier molecular flexibility index (Phi) is 7.63. The molecule has 1 saturated heterocycles. The van der Waals surface area contributed by atoms with E-state index in [1.807, 2.05) is 6.92 Å². The van der Waals surface area contributed by atoms with Gasteiger partial charge in [0.2, 0.25) is 0 Å². The van der Waals surface area contributed by atoms with Crippen molar-refractivity contribution < 1.29 is 21.6 Å². The van der Waals surface area contributed by atoms with E-state index in [1.54, 1.807) is 0 Å². The van der Waals surface area contributed by atoms with E-state index in [-0.39, 0.29) is 19.0 Å². The fraction of sp³-hybridized carbons (Fsp3) is 0.944. The first-order valence-corrected chi connectivity index (χ1v) is 11.5. The summed E-state index contributed by atoms with van der Waals surface area (Å²) in [6.45, 7) is 7.55. The summed E-state index contributed by atoms with van der Waals surface area (Å²) in [4.78, 5) is 4.61. The van der Waals surface area contributed by atoms with Gasteiger partial charge in [0.15, 0.2) is 5.96 Å². The standard InChI is InChI=1S/C18H33F3N4O2S/c1-4-22-16(24-15-5-9-17(2,3)10-6-15)23-13-14-7-11-25(12-8-14)28(26,27)18(19,20)21/h14-15H,4-13H2,1-3H3,(H2,22,23,24). The van der Waals surface area contributed by atoms with Crippen LogP contribution < -0.4 is 10.6 Å². The largest absolute Gasteiger partial charge is 0.511 e. The number of guanidine groups is 1. The van der Waals surface area contributed by atoms with Crippen molar-refractivity contribution in [1.82, 2.24) is 14.9 Å². The van der Waals surface area contributed by atoms with Crippen molar-refractivity contribution in [3.05, 3.63) is 0 Å². The van der Waals surface area contributed by atoms with E-state index in [1.165, 1.54) is 0 Å². The molecule has 1 aliphatic carbocycles. The molecule has 164 valence electrons. The van der Waals surface area contributed by atoms with Crippen LogP contribution in [0, 0.1) is 11.3 Å². The first-order valence-electron chi connectivity index (χ1n) is 10.1. The number of alkyl halides is 3. The SMILES string of the molecule is CCNC(=NCC1CCN(S(=O)(=O)C(F)(F)F)CC1)NC1CCC(C)(C)CC1. The summed E-state index contributed by atoms with van der Waals surface area (Å²) >= 11 is 0. The van der Waals surface area contributed by atoms with Gasteiger partial charge in [-0.3, -0.25) is 4.99 Å². The zero-order valence-electron chi connectivity index (χ0n) is 17.0. The summed E-state index contributed by atoms with van der Waals surface area (Å²) < 4.78 is 61.5. The van der Waals surface area contributed by atoms with E-state index in [2.05, 4.69) is 29.5 Å². The third kappa shape index (κ3) is 6.23. The van der Waals surface area contributed by atoms with Crippen LogP contribution in [0.4, 0.5) is 13.2 Å². The molecule has 0 aromatic rings. The Labute approximate surface area is 166 Å². The van der Waals surface area contributed by atoms with Crippen LogP contribution in [0.25, 0.3) is 0 Å². The lowest BCUT2D eigenvalue weighted by Crippen LogP contribution is -2.46. The second-order valence-corrected chi connectivity index (χ2v) is 10.5. The summed E-state index contributed by atoms with van der Waals surface area (Å²) in [5, 5.41) is 6.70. The molecule has 2 fully saturated rings. The van der Waals surface area contributed by atoms with Gasteiger partial charge in [-0.2, -0.15) is 17.5 Å². The summed E-state index contributed by atoms with van der Waals surface area (Å²) in [6, 6.07) is 0.379. The monoisotopic (exact) mass is 426 g/mol. The van der Waals surface area contributed by atoms with Gasteiger partial charge >= 0.3 is 15.5 Å². The lowest BCUT2D eigenvalue weighted by atomic mass is 9.75. The predicted octanol–water partition coefficient (Wildman–Crippen LogP) is 3.07. The Balaban J connectivity index is 1.85. The molecule has 28 heavy (non-hydrogen) atoms. The van der Waals surface area contributed by atoms with Gasteiger partial charge in [0, 0.05) is 32.2 Å². The highest BCUT2D eigenvalue weighted by Gasteiger charge is 2.50. The molecule has 10 heteroatoms. The molecule has 2 aliphatic rings. The summed E-state index contributed by atoms with van der Waals surface area (Å²) in [6.07, 6.45) is 5.27. The molecule has 2 rings (SSSR count). The lowest BCUT2D eigenvalue weighted by molar-refractivity contribution is -0.0496. The smallest absolute Gasteiger partial charge is 0.357 e. The normalized spacial score (nSPS) is 23.6. The Morgan fingerprint density at radius 3 is 2.21 bits per heavy atom. The molecule has 0 radical (unpaired) electrons. The summed E-state index contributed by atoms with van der Waals surface area (Å²) in [5.41, 5.74) is -4.84. The van der Waals surface area contributed by atoms with Crippen molar-refractivity contribution >= 4 is 16.0 Å². The van der Waals surface area contributed by atoms with Crippen LogP contribution >= 0.6 is 0 Å². The molecule has 0 spiro atoms. The fourth-order valence-corrected chi connectivity index (χ4v) is 4.74. The van der Waals surface area contributed by atoms with Crippen molar-refractivity contribution in [2.75, 3.05) is 26.2 Å². The topological polar surface area (TPSA) is 73.8 Å². The minimum atomic E-state index is -5.23. The zero-order chi connectivity index (χ0) is 21.0. The molecule has 0 atom stereocenters. The van der Waals surface area contributed by atoms with Crippen LogP contribution in [0.5, 0.6) is 0 Å². The lowest BCUT2D eigenvalue weighted by Gasteiger charge is -2.35. The number of aliphatic imine (C=N–C) groups is 1. The molecule has 1 heterocycles. The molecule has 1 saturated carbocycles. The average molecular weight is 427 g/mol. The highest BCUT2D eigenvalue weighted by molar-refractivity contribution is 7.90. The van der Waals surface area contributed by atoms with E-state index < -0.39 is 15.5 Å². The number of nitrogens with zero attached hydrogens (tertiary/aromatic N) is 2. The molecule has 0 unspecified atom stereocenters. The van der Waals surface area contributed by atoms with Crippen LogP contribution in [0.2, 0.25) is 0 Å². The number of rotatable bonds is 5. The van der Waals surface area contributed by atoms with Gasteiger partial charge in [-0.15, -0.1) is 0 Å². The van der Waals surface area contributed by atoms with Crippen LogP contribution in [0.3, 0.4) is 0 Å². The maximum atomic E-state index is 12.7. The van der Waals surface area contributed by atoms with Gasteiger partial charge in [-0.1, -0.05) is 13.8 Å². The predicted molar refractivity (Wildman–Crippen MR) is 104 cm³/mol. The van der Waals surface area contributed by atoms with Gasteiger partial charge in [0.05, 0.1) is 0 Å². The highest BCUT2D eigenvalue weighted by atomic mass is 32.2. The van der Waals surface area contributed by atoms with Crippen LogP contribution in [-0.2, 0) is 10.0 Å². The number of halogens is 3. The van der Waals surface area contributed by atoms with Crippen molar-refractivity contribution in [2.45, 2.75) is 70.8 Å². The van der Waals surface area contributed by atoms with Gasteiger partial charge in [-0.05, 0) is 56.8 Å². The number of hydrogen-bond acceptors (Lipinski definition) is 3. The zero-order valence-corrected chi connectivity index (χ0v) is 17.8. The Morgan fingerprint density at radius 1 is 1.14 bits per heavy atom. The van der Waals surface area contributed by atoms with Gasteiger partial charge in [0.1, 0.15) is 0 Å². The molecule has 0 aromatic carbocycles. The van der Waals surface area contributed by atoms with Crippen molar-refractivity contribution in [3.63, 3.8) is 0 Å². The van der Waals surface area contributed by atoms with E-state index in [0.29, 0.717) is 35.1 Å². The third-order valence-corrected chi connectivity index (χ3v) is 7.37. The first-order chi connectivity index (χ1) is 12.9. The van der Waals surface area contributed by atoms with E-state index in [4.69, 9.17) is 0 Å². The second kappa shape index (κ2) is 9.19. The Morgan fingerprint density at radius 2 is 1.71 bits per heavy atom. The number of hydrogen-bond donors (Lipinski definition) is 2. The van der Waals surface area contributed by atoms with Gasteiger partial charge in [0.25, 0.3) is 0 Å². The first kappa shape index (κ1) is 23.3. The molecule has 0 bridgehead atoms. The summed E-state index contributed by atoms with van der Waals surface area (Å²) in [7, 11) is -5.22. The van der Waals surface area contributed by atoms with Crippen molar-refractivity contribution in [3.8, 4) is 0 Å². The molecular weight excluding hydrogens is 393 g/mol. The van der Waals surface area contributed by atoms with Crippen molar-refractivity contribution in [1.29, 1.82) is 0 Å². The Hall–Kier alpha value is -1.03. The van der Waals surface area contributed by atoms with E-state index in [0.717, 1.165) is 38.2 Å². The quantitative estimate of drug-likeness (QED) is 0.523. The fourth-order valence-electron chi connectivity index (χ4n) is 3.76. The van der Waals surface area contributed by atoms with Crippen molar-refractivity contribution in [2.24, 2.45) is 16.3 Å². The third-order valence-electron chi connectivity index (χ3n) is 5.74. The number of nitrogens with one attached hydrogen (secondary N) is 2. The molecule has 6 nitrogen and oxygen atoms in total. The van der Waals surface area contributed by atoms with Gasteiger partial charge < -0.3 is 10.6 Å².